The number of morpholine rings is 1. The number of imidazole rings is 1. The third kappa shape index (κ3) is 4.01. The molecule has 0 aliphatic carbocycles. The van der Waals surface area contributed by atoms with Gasteiger partial charge in [0.05, 0.1) is 26.1 Å². The highest BCUT2D eigenvalue weighted by molar-refractivity contribution is 5.84. The number of hydrogen-bond donors (Lipinski definition) is 1. The average Bonchev–Trinajstić information content (AvgIpc) is 3.17. The van der Waals surface area contributed by atoms with Gasteiger partial charge in [0, 0.05) is 19.1 Å². The minimum Gasteiger partial charge on any atom is -0.492 e. The lowest BCUT2D eigenvalue weighted by molar-refractivity contribution is 0.122. The van der Waals surface area contributed by atoms with Gasteiger partial charge in [0.2, 0.25) is 5.95 Å². The fraction of sp³-hybridized carbons (Fsp3) is 0.450. The van der Waals surface area contributed by atoms with Gasteiger partial charge in [0.1, 0.15) is 12.4 Å². The van der Waals surface area contributed by atoms with Gasteiger partial charge in [-0.1, -0.05) is 18.2 Å². The van der Waals surface area contributed by atoms with Crippen LogP contribution in [0.15, 0.2) is 36.7 Å². The number of aromatic nitrogens is 4. The number of hydrogen-bond acceptors (Lipinski definition) is 7. The maximum atomic E-state index is 5.77. The van der Waals surface area contributed by atoms with Gasteiger partial charge in [0.15, 0.2) is 17.0 Å². The van der Waals surface area contributed by atoms with Crippen LogP contribution >= 0.6 is 0 Å². The zero-order chi connectivity index (χ0) is 19.3. The first-order valence-electron chi connectivity index (χ1n) is 9.71. The van der Waals surface area contributed by atoms with Crippen LogP contribution in [-0.2, 0) is 4.74 Å². The maximum Gasteiger partial charge on any atom is 0.229 e. The number of fused-ring (bicyclic) bond motifs is 1. The first-order chi connectivity index (χ1) is 13.7. The minimum atomic E-state index is 0.270. The van der Waals surface area contributed by atoms with Crippen molar-refractivity contribution < 1.29 is 9.47 Å². The van der Waals surface area contributed by atoms with E-state index in [1.807, 2.05) is 36.7 Å². The zero-order valence-electron chi connectivity index (χ0n) is 16.3. The fourth-order valence-electron chi connectivity index (χ4n) is 3.17. The monoisotopic (exact) mass is 382 g/mol. The van der Waals surface area contributed by atoms with E-state index in [-0.39, 0.29) is 6.04 Å². The summed E-state index contributed by atoms with van der Waals surface area (Å²) < 4.78 is 13.3. The van der Waals surface area contributed by atoms with Gasteiger partial charge in [-0.25, -0.2) is 4.98 Å². The van der Waals surface area contributed by atoms with Crippen molar-refractivity contribution in [3.63, 3.8) is 0 Å². The normalized spacial score (nSPS) is 14.6. The van der Waals surface area contributed by atoms with E-state index in [0.717, 1.165) is 35.8 Å². The van der Waals surface area contributed by atoms with E-state index in [1.165, 1.54) is 0 Å². The SMILES string of the molecule is CC(C)n1cnc2c(NCCOc3ccccc3)nc(N3CCOCC3)nc21. The Balaban J connectivity index is 1.54. The molecule has 1 N–H and O–H groups in total. The standard InChI is InChI=1S/C20H26N6O2/c1-15(2)26-14-22-17-18(21-8-11-28-16-6-4-3-5-7-16)23-20(24-19(17)26)25-9-12-27-13-10-25/h3-7,14-15H,8-13H2,1-2H3,(H,21,23,24). The van der Waals surface area contributed by atoms with E-state index < -0.39 is 0 Å². The van der Waals surface area contributed by atoms with Gasteiger partial charge in [-0.2, -0.15) is 9.97 Å². The third-order valence-electron chi connectivity index (χ3n) is 4.67. The van der Waals surface area contributed by atoms with Crippen molar-refractivity contribution in [1.29, 1.82) is 0 Å². The molecule has 0 radical (unpaired) electrons. The first-order valence-corrected chi connectivity index (χ1v) is 9.71. The number of nitrogens with zero attached hydrogens (tertiary/aromatic N) is 5. The van der Waals surface area contributed by atoms with Crippen LogP contribution in [0.3, 0.4) is 0 Å². The first kappa shape index (κ1) is 18.5. The number of anilines is 2. The predicted molar refractivity (Wildman–Crippen MR) is 109 cm³/mol. The van der Waals surface area contributed by atoms with Crippen LogP contribution in [0.1, 0.15) is 19.9 Å². The van der Waals surface area contributed by atoms with E-state index in [0.29, 0.717) is 32.3 Å². The molecule has 1 aliphatic rings. The molecule has 1 saturated heterocycles. The van der Waals surface area contributed by atoms with Gasteiger partial charge < -0.3 is 24.3 Å². The minimum absolute atomic E-state index is 0.270. The fourth-order valence-corrected chi connectivity index (χ4v) is 3.17. The number of rotatable bonds is 7. The molecule has 8 heteroatoms. The Hall–Kier alpha value is -2.87. The summed E-state index contributed by atoms with van der Waals surface area (Å²) in [7, 11) is 0. The van der Waals surface area contributed by atoms with Crippen molar-refractivity contribution in [2.24, 2.45) is 0 Å². The Morgan fingerprint density at radius 3 is 2.68 bits per heavy atom. The largest absolute Gasteiger partial charge is 0.492 e. The summed E-state index contributed by atoms with van der Waals surface area (Å²) in [6.07, 6.45) is 1.83. The average molecular weight is 382 g/mol. The summed E-state index contributed by atoms with van der Waals surface area (Å²) in [5, 5.41) is 3.38. The molecule has 0 saturated carbocycles. The highest BCUT2D eigenvalue weighted by Crippen LogP contribution is 2.25. The molecule has 0 unspecified atom stereocenters. The topological polar surface area (TPSA) is 77.3 Å². The predicted octanol–water partition coefficient (Wildman–Crippen LogP) is 2.73. The van der Waals surface area contributed by atoms with Crippen molar-refractivity contribution >= 4 is 22.9 Å². The summed E-state index contributed by atoms with van der Waals surface area (Å²) in [4.78, 5) is 16.3. The zero-order valence-corrected chi connectivity index (χ0v) is 16.3. The highest BCUT2D eigenvalue weighted by atomic mass is 16.5. The Bertz CT molecular complexity index is 906. The van der Waals surface area contributed by atoms with E-state index in [9.17, 15) is 0 Å². The molecule has 1 aromatic carbocycles. The quantitative estimate of drug-likeness (QED) is 0.630. The Morgan fingerprint density at radius 1 is 1.14 bits per heavy atom. The lowest BCUT2D eigenvalue weighted by Gasteiger charge is -2.27. The van der Waals surface area contributed by atoms with Crippen LogP contribution in [-0.4, -0.2) is 59.0 Å². The Kier molecular flexibility index (Phi) is 5.57. The smallest absolute Gasteiger partial charge is 0.229 e. The number of benzene rings is 1. The van der Waals surface area contributed by atoms with Crippen molar-refractivity contribution in [3.05, 3.63) is 36.7 Å². The van der Waals surface area contributed by atoms with Gasteiger partial charge in [0.25, 0.3) is 0 Å². The second kappa shape index (κ2) is 8.43. The number of para-hydroxylation sites is 1. The maximum absolute atomic E-state index is 5.77. The van der Waals surface area contributed by atoms with Crippen LogP contribution < -0.4 is 15.0 Å². The summed E-state index contributed by atoms with van der Waals surface area (Å²) in [6.45, 7) is 8.37. The van der Waals surface area contributed by atoms with Crippen molar-refractivity contribution in [2.45, 2.75) is 19.9 Å². The van der Waals surface area contributed by atoms with Crippen molar-refractivity contribution in [1.82, 2.24) is 19.5 Å². The number of nitrogens with one attached hydrogen (secondary N) is 1. The Labute approximate surface area is 164 Å². The molecule has 28 heavy (non-hydrogen) atoms. The van der Waals surface area contributed by atoms with Crippen LogP contribution in [0, 0.1) is 0 Å². The molecular weight excluding hydrogens is 356 g/mol. The molecule has 1 fully saturated rings. The Morgan fingerprint density at radius 2 is 1.93 bits per heavy atom. The van der Waals surface area contributed by atoms with Crippen molar-refractivity contribution in [3.8, 4) is 5.75 Å². The molecular formula is C20H26N6O2. The molecule has 0 spiro atoms. The lowest BCUT2D eigenvalue weighted by atomic mass is 10.3. The molecule has 3 aromatic rings. The molecule has 2 aromatic heterocycles. The molecule has 8 nitrogen and oxygen atoms in total. The molecule has 148 valence electrons. The molecule has 3 heterocycles. The van der Waals surface area contributed by atoms with Crippen molar-refractivity contribution in [2.75, 3.05) is 49.7 Å². The van der Waals surface area contributed by atoms with E-state index in [4.69, 9.17) is 19.4 Å². The second-order valence-corrected chi connectivity index (χ2v) is 6.98. The summed E-state index contributed by atoms with van der Waals surface area (Å²) in [5.41, 5.74) is 1.63. The van der Waals surface area contributed by atoms with Gasteiger partial charge in [-0.3, -0.25) is 0 Å². The van der Waals surface area contributed by atoms with Crippen LogP contribution in [0.4, 0.5) is 11.8 Å². The van der Waals surface area contributed by atoms with Crippen LogP contribution in [0.5, 0.6) is 5.75 Å². The second-order valence-electron chi connectivity index (χ2n) is 6.98. The molecule has 0 amide bonds. The summed E-state index contributed by atoms with van der Waals surface area (Å²) >= 11 is 0. The van der Waals surface area contributed by atoms with E-state index in [1.54, 1.807) is 0 Å². The highest BCUT2D eigenvalue weighted by Gasteiger charge is 2.19. The van der Waals surface area contributed by atoms with Gasteiger partial charge in [-0.05, 0) is 26.0 Å². The third-order valence-corrected chi connectivity index (χ3v) is 4.67. The van der Waals surface area contributed by atoms with Gasteiger partial charge in [-0.15, -0.1) is 0 Å². The van der Waals surface area contributed by atoms with E-state index >= 15 is 0 Å². The van der Waals surface area contributed by atoms with Crippen LogP contribution in [0.25, 0.3) is 11.2 Å². The summed E-state index contributed by atoms with van der Waals surface area (Å²) in [6, 6.07) is 10.1. The van der Waals surface area contributed by atoms with E-state index in [2.05, 4.69) is 33.6 Å². The molecule has 1 aliphatic heterocycles. The molecule has 4 rings (SSSR count). The molecule has 0 atom stereocenters. The van der Waals surface area contributed by atoms with Gasteiger partial charge >= 0.3 is 0 Å². The lowest BCUT2D eigenvalue weighted by Crippen LogP contribution is -2.37. The summed E-state index contributed by atoms with van der Waals surface area (Å²) in [5.74, 6) is 2.31. The number of ether oxygens (including phenoxy) is 2. The molecule has 0 bridgehead atoms. The van der Waals surface area contributed by atoms with Crippen LogP contribution in [0.2, 0.25) is 0 Å².